The lowest BCUT2D eigenvalue weighted by molar-refractivity contribution is -0.133. The normalized spacial score (nSPS) is 21.0. The number of nitrogens with zero attached hydrogens (tertiary/aromatic N) is 3. The molecule has 1 aliphatic heterocycles. The van der Waals surface area contributed by atoms with Crippen molar-refractivity contribution >= 4 is 5.91 Å². The molecule has 0 aliphatic carbocycles. The highest BCUT2D eigenvalue weighted by Crippen LogP contribution is 2.25. The fourth-order valence-corrected chi connectivity index (χ4v) is 3.38. The molecule has 124 valence electrons. The number of carbonyl (C=O) groups is 1. The van der Waals surface area contributed by atoms with Crippen molar-refractivity contribution in [2.75, 3.05) is 13.7 Å². The molecular formula is C17H24N4O2. The van der Waals surface area contributed by atoms with E-state index in [1.54, 1.807) is 11.8 Å². The van der Waals surface area contributed by atoms with E-state index < -0.39 is 0 Å². The monoisotopic (exact) mass is 316 g/mol. The van der Waals surface area contributed by atoms with Gasteiger partial charge in [0.2, 0.25) is 5.91 Å². The van der Waals surface area contributed by atoms with E-state index in [9.17, 15) is 4.79 Å². The van der Waals surface area contributed by atoms with Gasteiger partial charge in [0.25, 0.3) is 0 Å². The topological polar surface area (TPSA) is 63.1 Å². The number of carbonyl (C=O) groups excluding carboxylic acids is 1. The molecule has 1 N–H and O–H groups in total. The average molecular weight is 316 g/mol. The average Bonchev–Trinajstić information content (AvgIpc) is 3.26. The van der Waals surface area contributed by atoms with Crippen molar-refractivity contribution in [3.05, 3.63) is 42.0 Å². The Hall–Kier alpha value is -2.08. The molecule has 2 aromatic rings. The summed E-state index contributed by atoms with van der Waals surface area (Å²) >= 11 is 0. The Kier molecular flexibility index (Phi) is 4.81. The molecule has 1 aliphatic rings. The van der Waals surface area contributed by atoms with Gasteiger partial charge in [-0.15, -0.1) is 0 Å². The largest absolute Gasteiger partial charge is 0.379 e. The first-order valence-electron chi connectivity index (χ1n) is 8.09. The van der Waals surface area contributed by atoms with Crippen molar-refractivity contribution < 1.29 is 9.53 Å². The van der Waals surface area contributed by atoms with Gasteiger partial charge in [-0.05, 0) is 37.0 Å². The Balaban J connectivity index is 1.64. The van der Waals surface area contributed by atoms with Crippen molar-refractivity contribution in [3.63, 3.8) is 0 Å². The van der Waals surface area contributed by atoms with Crippen molar-refractivity contribution in [3.8, 4) is 0 Å². The van der Waals surface area contributed by atoms with Gasteiger partial charge < -0.3 is 14.6 Å². The molecule has 3 heterocycles. The minimum absolute atomic E-state index is 0.0975. The van der Waals surface area contributed by atoms with Gasteiger partial charge in [0.05, 0.1) is 18.3 Å². The molecule has 0 aromatic carbocycles. The van der Waals surface area contributed by atoms with E-state index in [0.717, 1.165) is 37.1 Å². The molecule has 3 rings (SSSR count). The van der Waals surface area contributed by atoms with Crippen LogP contribution in [0.25, 0.3) is 0 Å². The molecule has 0 bridgehead atoms. The van der Waals surface area contributed by atoms with Crippen LogP contribution in [0, 0.1) is 0 Å². The lowest BCUT2D eigenvalue weighted by atomic mass is 10.0. The summed E-state index contributed by atoms with van der Waals surface area (Å²) in [4.78, 5) is 17.8. The SMILES string of the molecule is CO[C@H]1CCN(C(=O)CCc2ccc[nH]2)[C@H]1Cc1cnn(C)c1. The number of aromatic amines is 1. The Bertz CT molecular complexity index is 635. The van der Waals surface area contributed by atoms with Crippen LogP contribution in [-0.2, 0) is 29.4 Å². The third kappa shape index (κ3) is 3.64. The zero-order valence-electron chi connectivity index (χ0n) is 13.7. The highest BCUT2D eigenvalue weighted by molar-refractivity contribution is 5.77. The molecule has 6 nitrogen and oxygen atoms in total. The van der Waals surface area contributed by atoms with E-state index >= 15 is 0 Å². The predicted octanol–water partition coefficient (Wildman–Crippen LogP) is 1.54. The van der Waals surface area contributed by atoms with Crippen LogP contribution in [0.1, 0.15) is 24.1 Å². The van der Waals surface area contributed by atoms with Crippen LogP contribution in [0.4, 0.5) is 0 Å². The molecular weight excluding hydrogens is 292 g/mol. The molecule has 23 heavy (non-hydrogen) atoms. The highest BCUT2D eigenvalue weighted by atomic mass is 16.5. The molecule has 0 spiro atoms. The number of likely N-dealkylation sites (tertiary alicyclic amines) is 1. The molecule has 0 radical (unpaired) electrons. The number of H-pyrrole nitrogens is 1. The van der Waals surface area contributed by atoms with Crippen LogP contribution in [0.5, 0.6) is 0 Å². The second-order valence-corrected chi connectivity index (χ2v) is 6.14. The summed E-state index contributed by atoms with van der Waals surface area (Å²) in [5.41, 5.74) is 2.24. The van der Waals surface area contributed by atoms with Gasteiger partial charge in [0, 0.05) is 45.2 Å². The van der Waals surface area contributed by atoms with E-state index in [1.807, 2.05) is 42.7 Å². The second kappa shape index (κ2) is 7.00. The Labute approximate surface area is 136 Å². The van der Waals surface area contributed by atoms with Gasteiger partial charge in [0.1, 0.15) is 0 Å². The van der Waals surface area contributed by atoms with Crippen molar-refractivity contribution in [1.82, 2.24) is 19.7 Å². The van der Waals surface area contributed by atoms with Gasteiger partial charge in [-0.3, -0.25) is 9.48 Å². The number of aryl methyl sites for hydroxylation is 2. The maximum Gasteiger partial charge on any atom is 0.223 e. The molecule has 1 fully saturated rings. The third-order valence-electron chi connectivity index (χ3n) is 4.58. The van der Waals surface area contributed by atoms with Gasteiger partial charge >= 0.3 is 0 Å². The molecule has 2 atom stereocenters. The predicted molar refractivity (Wildman–Crippen MR) is 86.9 cm³/mol. The number of hydrogen-bond donors (Lipinski definition) is 1. The fraction of sp³-hybridized carbons (Fsp3) is 0.529. The molecule has 1 amide bonds. The zero-order chi connectivity index (χ0) is 16.2. The summed E-state index contributed by atoms with van der Waals surface area (Å²) < 4.78 is 7.40. The summed E-state index contributed by atoms with van der Waals surface area (Å²) in [7, 11) is 3.64. The Morgan fingerprint density at radius 2 is 2.39 bits per heavy atom. The first-order chi connectivity index (χ1) is 11.2. The van der Waals surface area contributed by atoms with Crippen molar-refractivity contribution in [2.24, 2.45) is 7.05 Å². The third-order valence-corrected chi connectivity index (χ3v) is 4.58. The molecule has 0 saturated carbocycles. The van der Waals surface area contributed by atoms with Crippen LogP contribution >= 0.6 is 0 Å². The minimum Gasteiger partial charge on any atom is -0.379 e. The zero-order valence-corrected chi connectivity index (χ0v) is 13.7. The van der Waals surface area contributed by atoms with Gasteiger partial charge in [0.15, 0.2) is 0 Å². The summed E-state index contributed by atoms with van der Waals surface area (Å²) in [5.74, 6) is 0.202. The first-order valence-corrected chi connectivity index (χ1v) is 8.09. The van der Waals surface area contributed by atoms with Crippen LogP contribution in [0.3, 0.4) is 0 Å². The first kappa shape index (κ1) is 15.8. The number of methoxy groups -OCH3 is 1. The smallest absolute Gasteiger partial charge is 0.223 e. The van der Waals surface area contributed by atoms with Crippen molar-refractivity contribution in [1.29, 1.82) is 0 Å². The molecule has 0 unspecified atom stereocenters. The highest BCUT2D eigenvalue weighted by Gasteiger charge is 2.37. The number of ether oxygens (including phenoxy) is 1. The molecule has 2 aromatic heterocycles. The van der Waals surface area contributed by atoms with Crippen LogP contribution < -0.4 is 0 Å². The maximum absolute atomic E-state index is 12.6. The summed E-state index contributed by atoms with van der Waals surface area (Å²) in [5, 5.41) is 4.22. The molecule has 1 saturated heterocycles. The Morgan fingerprint density at radius 1 is 1.52 bits per heavy atom. The van der Waals surface area contributed by atoms with Gasteiger partial charge in [-0.1, -0.05) is 0 Å². The van der Waals surface area contributed by atoms with Gasteiger partial charge in [-0.25, -0.2) is 0 Å². The van der Waals surface area contributed by atoms with E-state index in [4.69, 9.17) is 4.74 Å². The maximum atomic E-state index is 12.6. The van der Waals surface area contributed by atoms with E-state index in [2.05, 4.69) is 10.1 Å². The fourth-order valence-electron chi connectivity index (χ4n) is 3.38. The van der Waals surface area contributed by atoms with Crippen LogP contribution in [-0.4, -0.2) is 51.4 Å². The van der Waals surface area contributed by atoms with Crippen molar-refractivity contribution in [2.45, 2.75) is 37.8 Å². The number of hydrogen-bond acceptors (Lipinski definition) is 3. The van der Waals surface area contributed by atoms with Crippen LogP contribution in [0.2, 0.25) is 0 Å². The van der Waals surface area contributed by atoms with E-state index in [0.29, 0.717) is 6.42 Å². The van der Waals surface area contributed by atoms with Gasteiger partial charge in [-0.2, -0.15) is 5.10 Å². The summed E-state index contributed by atoms with van der Waals surface area (Å²) in [6, 6.07) is 4.07. The quantitative estimate of drug-likeness (QED) is 0.879. The Morgan fingerprint density at radius 3 is 3.04 bits per heavy atom. The summed E-state index contributed by atoms with van der Waals surface area (Å²) in [6.45, 7) is 0.771. The lowest BCUT2D eigenvalue weighted by Gasteiger charge is -2.27. The second-order valence-electron chi connectivity index (χ2n) is 6.14. The number of rotatable bonds is 6. The number of nitrogens with one attached hydrogen (secondary N) is 1. The number of amides is 1. The number of aromatic nitrogens is 3. The van der Waals surface area contributed by atoms with E-state index in [-0.39, 0.29) is 18.1 Å². The molecule has 6 heteroatoms. The summed E-state index contributed by atoms with van der Waals surface area (Å²) in [6.07, 6.45) is 8.84. The van der Waals surface area contributed by atoms with E-state index in [1.165, 1.54) is 0 Å². The minimum atomic E-state index is 0.0975. The standard InChI is InChI=1S/C17H24N4O2/c1-20-12-13(11-19-20)10-15-16(23-2)7-9-21(15)17(22)6-5-14-4-3-8-18-14/h3-4,8,11-12,15-16,18H,5-7,9-10H2,1-2H3/t15-,16-/m0/s1. The van der Waals surface area contributed by atoms with Crippen LogP contribution in [0.15, 0.2) is 30.7 Å². The lowest BCUT2D eigenvalue weighted by Crippen LogP contribution is -2.41.